The van der Waals surface area contributed by atoms with Crippen molar-refractivity contribution in [2.24, 2.45) is 0 Å². The molecular formula is C26H30F2N2O2. The van der Waals surface area contributed by atoms with E-state index < -0.39 is 17.4 Å². The first-order valence-corrected chi connectivity index (χ1v) is 11.2. The van der Waals surface area contributed by atoms with Gasteiger partial charge in [0.25, 0.3) is 0 Å². The van der Waals surface area contributed by atoms with Gasteiger partial charge in [-0.3, -0.25) is 4.98 Å². The van der Waals surface area contributed by atoms with Crippen LogP contribution in [0.5, 0.6) is 5.75 Å². The van der Waals surface area contributed by atoms with Crippen molar-refractivity contribution < 1.29 is 18.6 Å². The molecular weight excluding hydrogens is 410 g/mol. The molecule has 0 aliphatic heterocycles. The van der Waals surface area contributed by atoms with Gasteiger partial charge in [-0.05, 0) is 68.5 Å². The highest BCUT2D eigenvalue weighted by molar-refractivity contribution is 5.82. The largest absolute Gasteiger partial charge is 0.505 e. The maximum Gasteiger partial charge on any atom is 0.200 e. The van der Waals surface area contributed by atoms with Crippen molar-refractivity contribution in [2.45, 2.75) is 58.5 Å². The fourth-order valence-electron chi connectivity index (χ4n) is 3.48. The van der Waals surface area contributed by atoms with Crippen molar-refractivity contribution in [3.05, 3.63) is 59.9 Å². The monoisotopic (exact) mass is 440 g/mol. The van der Waals surface area contributed by atoms with E-state index in [1.54, 1.807) is 24.4 Å². The molecule has 0 aliphatic carbocycles. The topological polar surface area (TPSA) is 55.2 Å². The predicted molar refractivity (Wildman–Crippen MR) is 124 cm³/mol. The molecule has 0 saturated heterocycles. The van der Waals surface area contributed by atoms with Crippen LogP contribution in [0.15, 0.2) is 42.6 Å². The molecule has 1 unspecified atom stereocenters. The van der Waals surface area contributed by atoms with E-state index in [9.17, 15) is 13.9 Å². The lowest BCUT2D eigenvalue weighted by Gasteiger charge is -2.11. The summed E-state index contributed by atoms with van der Waals surface area (Å²) in [5, 5.41) is 9.31. The van der Waals surface area contributed by atoms with Gasteiger partial charge < -0.3 is 9.84 Å². The summed E-state index contributed by atoms with van der Waals surface area (Å²) in [6.45, 7) is 5.15. The van der Waals surface area contributed by atoms with Gasteiger partial charge in [-0.15, -0.1) is 0 Å². The summed E-state index contributed by atoms with van der Waals surface area (Å²) in [6, 6.07) is 7.54. The van der Waals surface area contributed by atoms with E-state index in [0.717, 1.165) is 44.1 Å². The normalized spacial score (nSPS) is 12.6. The van der Waals surface area contributed by atoms with Crippen LogP contribution in [0.3, 0.4) is 0 Å². The Labute approximate surface area is 188 Å². The fourth-order valence-corrected chi connectivity index (χ4v) is 3.48. The molecule has 4 nitrogen and oxygen atoms in total. The molecule has 1 N–H and O–H groups in total. The average molecular weight is 441 g/mol. The number of hydrogen-bond acceptors (Lipinski definition) is 4. The van der Waals surface area contributed by atoms with E-state index in [1.165, 1.54) is 18.9 Å². The Kier molecular flexibility index (Phi) is 8.68. The fraction of sp³-hybridized carbons (Fsp3) is 0.385. The molecule has 0 amide bonds. The van der Waals surface area contributed by atoms with E-state index in [0.29, 0.717) is 16.6 Å². The molecule has 0 aliphatic rings. The summed E-state index contributed by atoms with van der Waals surface area (Å²) in [6.07, 6.45) is 12.5. The number of unbranched alkanes of at least 4 members (excludes halogenated alkanes) is 3. The SMILES string of the molecule is CCCCCOC(C)CCC/C=C/c1cnc2cc(-c3ccc(O)c(F)c3F)ccc2n1. The van der Waals surface area contributed by atoms with Gasteiger partial charge in [-0.25, -0.2) is 9.37 Å². The molecule has 0 fully saturated rings. The number of benzene rings is 2. The van der Waals surface area contributed by atoms with Crippen molar-refractivity contribution in [1.82, 2.24) is 9.97 Å². The van der Waals surface area contributed by atoms with Gasteiger partial charge in [0, 0.05) is 12.2 Å². The maximum absolute atomic E-state index is 14.2. The van der Waals surface area contributed by atoms with Gasteiger partial charge in [-0.1, -0.05) is 31.9 Å². The number of nitrogens with zero attached hydrogens (tertiary/aromatic N) is 2. The van der Waals surface area contributed by atoms with Gasteiger partial charge in [0.05, 0.1) is 29.0 Å². The zero-order valence-corrected chi connectivity index (χ0v) is 18.7. The molecule has 0 bridgehead atoms. The second kappa shape index (κ2) is 11.7. The molecule has 6 heteroatoms. The van der Waals surface area contributed by atoms with E-state index in [2.05, 4.69) is 29.9 Å². The Morgan fingerprint density at radius 3 is 2.72 bits per heavy atom. The summed E-state index contributed by atoms with van der Waals surface area (Å²) in [5.74, 6) is -3.05. The molecule has 2 aromatic carbocycles. The number of hydrogen-bond donors (Lipinski definition) is 1. The van der Waals surface area contributed by atoms with Crippen LogP contribution in [0.2, 0.25) is 0 Å². The Morgan fingerprint density at radius 2 is 1.91 bits per heavy atom. The Hall–Kier alpha value is -2.86. The van der Waals surface area contributed by atoms with Crippen LogP contribution in [-0.2, 0) is 4.74 Å². The van der Waals surface area contributed by atoms with Crippen LogP contribution in [0.4, 0.5) is 8.78 Å². The second-order valence-corrected chi connectivity index (χ2v) is 7.98. The lowest BCUT2D eigenvalue weighted by atomic mass is 10.0. The highest BCUT2D eigenvalue weighted by Crippen LogP contribution is 2.30. The Bertz CT molecular complexity index is 1070. The van der Waals surface area contributed by atoms with Gasteiger partial charge >= 0.3 is 0 Å². The Balaban J connectivity index is 1.57. The zero-order chi connectivity index (χ0) is 22.9. The maximum atomic E-state index is 14.2. The average Bonchev–Trinajstić information content (AvgIpc) is 2.80. The van der Waals surface area contributed by atoms with E-state index in [4.69, 9.17) is 4.74 Å². The summed E-state index contributed by atoms with van der Waals surface area (Å²) in [7, 11) is 0. The first-order chi connectivity index (χ1) is 15.5. The second-order valence-electron chi connectivity index (χ2n) is 7.98. The number of phenolic OH excluding ortho intramolecular Hbond substituents is 1. The highest BCUT2D eigenvalue weighted by Gasteiger charge is 2.14. The number of rotatable bonds is 11. The molecule has 0 saturated carbocycles. The lowest BCUT2D eigenvalue weighted by molar-refractivity contribution is 0.0566. The molecule has 1 atom stereocenters. The minimum absolute atomic E-state index is 0.0662. The lowest BCUT2D eigenvalue weighted by Crippen LogP contribution is -2.08. The number of halogens is 2. The minimum Gasteiger partial charge on any atom is -0.505 e. The van der Waals surface area contributed by atoms with Crippen LogP contribution < -0.4 is 0 Å². The number of aromatic hydroxyl groups is 1. The molecule has 3 rings (SSSR count). The molecule has 3 aromatic rings. The number of fused-ring (bicyclic) bond motifs is 1. The quantitative estimate of drug-likeness (QED) is 0.324. The molecule has 0 radical (unpaired) electrons. The van der Waals surface area contributed by atoms with E-state index >= 15 is 0 Å². The smallest absolute Gasteiger partial charge is 0.200 e. The number of ether oxygens (including phenoxy) is 1. The van der Waals surface area contributed by atoms with Crippen molar-refractivity contribution in [3.8, 4) is 16.9 Å². The minimum atomic E-state index is -1.26. The van der Waals surface area contributed by atoms with Crippen LogP contribution in [-0.4, -0.2) is 27.8 Å². The molecule has 1 heterocycles. The number of allylic oxidation sites excluding steroid dienone is 1. The third kappa shape index (κ3) is 6.33. The molecule has 32 heavy (non-hydrogen) atoms. The predicted octanol–water partition coefficient (Wildman–Crippen LogP) is 7.06. The summed E-state index contributed by atoms with van der Waals surface area (Å²) >= 11 is 0. The zero-order valence-electron chi connectivity index (χ0n) is 18.7. The summed E-state index contributed by atoms with van der Waals surface area (Å²) in [5.41, 5.74) is 2.54. The summed E-state index contributed by atoms with van der Waals surface area (Å²) < 4.78 is 33.7. The highest BCUT2D eigenvalue weighted by atomic mass is 19.2. The van der Waals surface area contributed by atoms with Crippen molar-refractivity contribution in [3.63, 3.8) is 0 Å². The number of phenols is 1. The summed E-state index contributed by atoms with van der Waals surface area (Å²) in [4.78, 5) is 8.99. The van der Waals surface area contributed by atoms with E-state index in [1.807, 2.05) is 6.08 Å². The van der Waals surface area contributed by atoms with Crippen molar-refractivity contribution >= 4 is 17.1 Å². The Morgan fingerprint density at radius 1 is 1.06 bits per heavy atom. The van der Waals surface area contributed by atoms with Crippen LogP contribution in [0, 0.1) is 11.6 Å². The molecule has 0 spiro atoms. The van der Waals surface area contributed by atoms with Crippen LogP contribution in [0.1, 0.15) is 58.1 Å². The molecule has 1 aromatic heterocycles. The third-order valence-electron chi connectivity index (χ3n) is 5.35. The first-order valence-electron chi connectivity index (χ1n) is 11.2. The van der Waals surface area contributed by atoms with Crippen LogP contribution in [0.25, 0.3) is 28.2 Å². The van der Waals surface area contributed by atoms with Gasteiger partial charge in [-0.2, -0.15) is 4.39 Å². The standard InChI is InChI=1S/C26H30F2N2O2/c1-3-4-8-15-32-18(2)9-6-5-7-10-20-17-29-23-16-19(11-13-22(23)30-20)21-12-14-24(31)26(28)25(21)27/h7,10-14,16-18,31H,3-6,8-9,15H2,1-2H3/b10-7+. The molecule has 170 valence electrons. The van der Waals surface area contributed by atoms with Gasteiger partial charge in [0.2, 0.25) is 5.82 Å². The number of aromatic nitrogens is 2. The first kappa shape index (κ1) is 23.8. The van der Waals surface area contributed by atoms with Crippen molar-refractivity contribution in [2.75, 3.05) is 6.61 Å². The van der Waals surface area contributed by atoms with Gasteiger partial charge in [0.1, 0.15) is 0 Å². The van der Waals surface area contributed by atoms with Crippen LogP contribution >= 0.6 is 0 Å². The third-order valence-corrected chi connectivity index (χ3v) is 5.35. The van der Waals surface area contributed by atoms with Gasteiger partial charge in [0.15, 0.2) is 11.6 Å². The van der Waals surface area contributed by atoms with Crippen molar-refractivity contribution in [1.29, 1.82) is 0 Å². The van der Waals surface area contributed by atoms with E-state index in [-0.39, 0.29) is 11.7 Å².